The topological polar surface area (TPSA) is 156 Å². The third-order valence-corrected chi connectivity index (χ3v) is 9.90. The maximum Gasteiger partial charge on any atom is 0.306 e. The monoisotopic (exact) mass is 654 g/mol. The van der Waals surface area contributed by atoms with Gasteiger partial charge in [0, 0.05) is 13.0 Å². The quantitative estimate of drug-likeness (QED) is 0.299. The number of cyclic esters (lactones) is 1. The fourth-order valence-corrected chi connectivity index (χ4v) is 7.51. The highest BCUT2D eigenvalue weighted by Crippen LogP contribution is 2.56. The van der Waals surface area contributed by atoms with Crippen molar-refractivity contribution in [3.8, 4) is 0 Å². The molecule has 0 unspecified atom stereocenters. The molecule has 0 saturated carbocycles. The molecule has 1 aromatic heterocycles. The van der Waals surface area contributed by atoms with Gasteiger partial charge < -0.3 is 29.7 Å². The SMILES string of the molecule is CC[C@@H](CO)N1C(=O)[C@H]2[C@@H]3C(=O)N[C@H](c4ccccc4)COC(=O)CC/C=C\CN(Cn4nnc5ccccc54)C(=O)[C@H]1[C@@]21C=C[C@@H]3O1. The van der Waals surface area contributed by atoms with E-state index < -0.39 is 65.4 Å². The van der Waals surface area contributed by atoms with Crippen LogP contribution in [0, 0.1) is 11.8 Å². The van der Waals surface area contributed by atoms with Gasteiger partial charge in [-0.15, -0.1) is 5.10 Å². The second kappa shape index (κ2) is 13.0. The molecule has 13 nitrogen and oxygen atoms in total. The maximum absolute atomic E-state index is 14.9. The van der Waals surface area contributed by atoms with Gasteiger partial charge in [0.1, 0.15) is 30.4 Å². The van der Waals surface area contributed by atoms with Crippen LogP contribution in [0.25, 0.3) is 11.0 Å². The van der Waals surface area contributed by atoms with Crippen molar-refractivity contribution in [2.24, 2.45) is 11.8 Å². The Morgan fingerprint density at radius 1 is 1.04 bits per heavy atom. The van der Waals surface area contributed by atoms with Crippen LogP contribution in [0.15, 0.2) is 78.9 Å². The molecule has 2 fully saturated rings. The van der Waals surface area contributed by atoms with E-state index in [0.29, 0.717) is 18.4 Å². The molecule has 3 amide bonds. The van der Waals surface area contributed by atoms with E-state index in [-0.39, 0.29) is 32.8 Å². The summed E-state index contributed by atoms with van der Waals surface area (Å²) in [5.41, 5.74) is 0.690. The number of fused-ring (bicyclic) bond motifs is 3. The van der Waals surface area contributed by atoms with Gasteiger partial charge in [0.15, 0.2) is 0 Å². The van der Waals surface area contributed by atoms with Gasteiger partial charge in [-0.2, -0.15) is 0 Å². The Hall–Kier alpha value is -4.88. The molecule has 13 heteroatoms. The Bertz CT molecular complexity index is 1770. The van der Waals surface area contributed by atoms with Crippen LogP contribution in [0.2, 0.25) is 0 Å². The number of carbonyl (C=O) groups is 4. The predicted molar refractivity (Wildman–Crippen MR) is 171 cm³/mol. The number of nitrogens with zero attached hydrogens (tertiary/aromatic N) is 5. The lowest BCUT2D eigenvalue weighted by Crippen LogP contribution is -2.58. The number of benzene rings is 2. The van der Waals surface area contributed by atoms with Crippen LogP contribution in [0.4, 0.5) is 0 Å². The van der Waals surface area contributed by atoms with Crippen molar-refractivity contribution in [3.63, 3.8) is 0 Å². The summed E-state index contributed by atoms with van der Waals surface area (Å²) in [5, 5.41) is 22.0. The van der Waals surface area contributed by atoms with Crippen LogP contribution in [-0.2, 0) is 35.3 Å². The lowest BCUT2D eigenvalue weighted by atomic mass is 9.74. The van der Waals surface area contributed by atoms with Crippen molar-refractivity contribution in [3.05, 3.63) is 84.5 Å². The van der Waals surface area contributed by atoms with E-state index in [1.165, 1.54) is 4.90 Å². The minimum atomic E-state index is -1.43. The predicted octanol–water partition coefficient (Wildman–Crippen LogP) is 1.89. The second-order valence-electron chi connectivity index (χ2n) is 12.6. The van der Waals surface area contributed by atoms with Crippen molar-refractivity contribution in [1.29, 1.82) is 0 Å². The van der Waals surface area contributed by atoms with E-state index in [2.05, 4.69) is 15.6 Å². The van der Waals surface area contributed by atoms with E-state index >= 15 is 0 Å². The highest BCUT2D eigenvalue weighted by Gasteiger charge is 2.73. The van der Waals surface area contributed by atoms with Crippen LogP contribution < -0.4 is 5.32 Å². The molecule has 7 rings (SSSR count). The minimum Gasteiger partial charge on any atom is -0.463 e. The summed E-state index contributed by atoms with van der Waals surface area (Å²) in [4.78, 5) is 59.3. The number of esters is 1. The summed E-state index contributed by atoms with van der Waals surface area (Å²) in [6.45, 7) is 1.52. The summed E-state index contributed by atoms with van der Waals surface area (Å²) in [6, 6.07) is 14.1. The van der Waals surface area contributed by atoms with Gasteiger partial charge in [0.2, 0.25) is 11.8 Å². The first-order valence-corrected chi connectivity index (χ1v) is 16.4. The van der Waals surface area contributed by atoms with Gasteiger partial charge in [-0.25, -0.2) is 4.68 Å². The molecular formula is C35H38N6O7. The fraction of sp³-hybridized carbons (Fsp3) is 0.429. The number of para-hydroxylation sites is 1. The molecule has 4 aliphatic rings. The molecule has 0 radical (unpaired) electrons. The Kier molecular flexibility index (Phi) is 8.56. The number of nitrogens with one attached hydrogen (secondary N) is 1. The molecular weight excluding hydrogens is 616 g/mol. The number of aliphatic hydroxyl groups is 1. The summed E-state index contributed by atoms with van der Waals surface area (Å²) in [7, 11) is 0. The van der Waals surface area contributed by atoms with Crippen LogP contribution in [0.1, 0.15) is 37.8 Å². The molecule has 7 atom stereocenters. The molecule has 0 aliphatic carbocycles. The molecule has 4 aliphatic heterocycles. The van der Waals surface area contributed by atoms with Crippen molar-refractivity contribution >= 4 is 34.7 Å². The number of carbonyl (C=O) groups excluding carboxylic acids is 4. The smallest absolute Gasteiger partial charge is 0.306 e. The third-order valence-electron chi connectivity index (χ3n) is 9.90. The fourth-order valence-electron chi connectivity index (χ4n) is 7.51. The molecule has 250 valence electrons. The van der Waals surface area contributed by atoms with Gasteiger partial charge in [-0.3, -0.25) is 19.2 Å². The van der Waals surface area contributed by atoms with E-state index in [0.717, 1.165) is 11.1 Å². The number of ether oxygens (including phenoxy) is 2. The number of allylic oxidation sites excluding steroid dienone is 1. The zero-order chi connectivity index (χ0) is 33.4. The standard InChI is InChI=1S/C35H38N6O7/c1-2-23(19-42)41-31-34(46)39(21-40-26-14-9-8-13-24(26)37-38-40)18-10-4-7-15-28(43)47-20-25(22-11-5-3-6-12-22)36-32(44)29-27-16-17-35(31,48-27)30(29)33(41)45/h3-6,8-14,16-17,23,25,27,29-31,42H,2,7,15,18-21H2,1H3,(H,36,44)/b10-4-/t23-,25-,27-,29+,30+,31-,35+/m0/s1. The zero-order valence-electron chi connectivity index (χ0n) is 26.6. The Balaban J connectivity index is 1.30. The highest BCUT2D eigenvalue weighted by molar-refractivity contribution is 6.00. The van der Waals surface area contributed by atoms with E-state index in [1.54, 1.807) is 27.8 Å². The highest BCUT2D eigenvalue weighted by atomic mass is 16.5. The van der Waals surface area contributed by atoms with Crippen LogP contribution in [0.3, 0.4) is 0 Å². The van der Waals surface area contributed by atoms with Gasteiger partial charge in [-0.05, 0) is 30.5 Å². The first kappa shape index (κ1) is 31.7. The molecule has 1 spiro atoms. The number of hydrogen-bond donors (Lipinski definition) is 2. The third kappa shape index (κ3) is 5.36. The average molecular weight is 655 g/mol. The number of hydrogen-bond acceptors (Lipinski definition) is 9. The molecule has 2 aromatic carbocycles. The van der Waals surface area contributed by atoms with Gasteiger partial charge in [0.05, 0.1) is 42.1 Å². The number of likely N-dealkylation sites (tertiary alicyclic amines) is 1. The largest absolute Gasteiger partial charge is 0.463 e. The van der Waals surface area contributed by atoms with Gasteiger partial charge in [0.25, 0.3) is 5.91 Å². The summed E-state index contributed by atoms with van der Waals surface area (Å²) in [5.74, 6) is -3.68. The van der Waals surface area contributed by atoms with Gasteiger partial charge in [-0.1, -0.05) is 78.9 Å². The maximum atomic E-state index is 14.9. The second-order valence-corrected chi connectivity index (χ2v) is 12.6. The molecule has 2 N–H and O–H groups in total. The molecule has 5 bridgehead atoms. The van der Waals surface area contributed by atoms with Crippen molar-refractivity contribution in [2.75, 3.05) is 19.8 Å². The summed E-state index contributed by atoms with van der Waals surface area (Å²) < 4.78 is 13.8. The van der Waals surface area contributed by atoms with E-state index in [9.17, 15) is 24.3 Å². The normalized spacial score (nSPS) is 30.4. The van der Waals surface area contributed by atoms with Crippen molar-refractivity contribution in [1.82, 2.24) is 30.1 Å². The number of amides is 3. The average Bonchev–Trinajstić information content (AvgIpc) is 3.86. The molecule has 5 heterocycles. The number of aromatic nitrogens is 3. The van der Waals surface area contributed by atoms with Crippen molar-refractivity contribution < 1.29 is 33.8 Å². The molecule has 48 heavy (non-hydrogen) atoms. The van der Waals surface area contributed by atoms with E-state index in [1.807, 2.05) is 67.6 Å². The lowest BCUT2D eigenvalue weighted by Gasteiger charge is -2.38. The first-order valence-electron chi connectivity index (χ1n) is 16.4. The first-order chi connectivity index (χ1) is 23.4. The zero-order valence-corrected chi connectivity index (χ0v) is 26.6. The van der Waals surface area contributed by atoms with Crippen LogP contribution >= 0.6 is 0 Å². The lowest BCUT2D eigenvalue weighted by molar-refractivity contribution is -0.151. The van der Waals surface area contributed by atoms with Crippen molar-refractivity contribution in [2.45, 2.75) is 62.7 Å². The Morgan fingerprint density at radius 2 is 1.83 bits per heavy atom. The van der Waals surface area contributed by atoms with Crippen LogP contribution in [0.5, 0.6) is 0 Å². The Morgan fingerprint density at radius 3 is 2.62 bits per heavy atom. The number of rotatable bonds is 6. The van der Waals surface area contributed by atoms with Gasteiger partial charge >= 0.3 is 5.97 Å². The summed E-state index contributed by atoms with van der Waals surface area (Å²) in [6.07, 6.45) is 7.22. The van der Waals surface area contributed by atoms with E-state index in [4.69, 9.17) is 9.47 Å². The summed E-state index contributed by atoms with van der Waals surface area (Å²) >= 11 is 0. The molecule has 2 saturated heterocycles. The number of aliphatic hydroxyl groups excluding tert-OH is 1. The Labute approximate surface area is 277 Å². The van der Waals surface area contributed by atoms with Crippen LogP contribution in [-0.4, -0.2) is 97.1 Å². The molecule has 3 aromatic rings. The minimum absolute atomic E-state index is 0.0107.